The fourth-order valence-electron chi connectivity index (χ4n) is 2.79. The van der Waals surface area contributed by atoms with Crippen molar-refractivity contribution in [2.75, 3.05) is 13.6 Å². The molecular formula is C15H26N2O2S2. The molecule has 1 fully saturated rings. The molecule has 0 unspecified atom stereocenters. The second-order valence-corrected chi connectivity index (χ2v) is 9.31. The maximum absolute atomic E-state index is 12.4. The Bertz CT molecular complexity index is 558. The molecule has 0 radical (unpaired) electrons. The van der Waals surface area contributed by atoms with Gasteiger partial charge in [-0.1, -0.05) is 19.8 Å². The van der Waals surface area contributed by atoms with E-state index in [1.54, 1.807) is 6.07 Å². The normalized spacial score (nSPS) is 23.4. The Morgan fingerprint density at radius 1 is 1.29 bits per heavy atom. The van der Waals surface area contributed by atoms with E-state index in [1.807, 2.05) is 14.0 Å². The van der Waals surface area contributed by atoms with Crippen molar-refractivity contribution in [3.63, 3.8) is 0 Å². The fraction of sp³-hybridized carbons (Fsp3) is 0.733. The van der Waals surface area contributed by atoms with E-state index in [9.17, 15) is 8.42 Å². The second-order valence-electron chi connectivity index (χ2n) is 6.18. The van der Waals surface area contributed by atoms with Crippen LogP contribution in [-0.2, 0) is 16.6 Å². The molecule has 6 heteroatoms. The van der Waals surface area contributed by atoms with Crippen LogP contribution in [0.1, 0.15) is 43.0 Å². The first kappa shape index (κ1) is 16.9. The lowest BCUT2D eigenvalue weighted by Gasteiger charge is -2.26. The molecule has 21 heavy (non-hydrogen) atoms. The van der Waals surface area contributed by atoms with Crippen LogP contribution in [-0.4, -0.2) is 22.0 Å². The van der Waals surface area contributed by atoms with Crippen LogP contribution in [0, 0.1) is 18.8 Å². The molecule has 1 aliphatic carbocycles. The van der Waals surface area contributed by atoms with Crippen LogP contribution in [0.3, 0.4) is 0 Å². The lowest BCUT2D eigenvalue weighted by Crippen LogP contribution is -2.30. The minimum Gasteiger partial charge on any atom is -0.315 e. The minimum atomic E-state index is -3.35. The van der Waals surface area contributed by atoms with E-state index in [-0.39, 0.29) is 0 Å². The van der Waals surface area contributed by atoms with Crippen molar-refractivity contribution in [2.24, 2.45) is 11.8 Å². The van der Waals surface area contributed by atoms with Gasteiger partial charge in [-0.3, -0.25) is 0 Å². The third-order valence-corrected chi connectivity index (χ3v) is 7.43. The van der Waals surface area contributed by atoms with Crippen LogP contribution >= 0.6 is 11.3 Å². The molecule has 0 bridgehead atoms. The summed E-state index contributed by atoms with van der Waals surface area (Å²) in [4.78, 5) is 1.09. The van der Waals surface area contributed by atoms with Gasteiger partial charge in [-0.2, -0.15) is 0 Å². The Balaban J connectivity index is 1.96. The summed E-state index contributed by atoms with van der Waals surface area (Å²) >= 11 is 1.37. The van der Waals surface area contributed by atoms with Crippen LogP contribution in [0.2, 0.25) is 0 Å². The number of nitrogens with one attached hydrogen (secondary N) is 2. The van der Waals surface area contributed by atoms with Crippen LogP contribution < -0.4 is 10.0 Å². The molecular weight excluding hydrogens is 304 g/mol. The summed E-state index contributed by atoms with van der Waals surface area (Å²) in [5.74, 6) is 1.29. The van der Waals surface area contributed by atoms with E-state index in [0.29, 0.717) is 23.2 Å². The highest BCUT2D eigenvalue weighted by Gasteiger charge is 2.23. The standard InChI is InChI=1S/C15H26N2O2S2/c1-11-4-6-13(7-5-11)9-17-21(18,19)15-8-12(2)14(20-15)10-16-3/h8,11,13,16-17H,4-7,9-10H2,1-3H3. The molecule has 1 saturated carbocycles. The van der Waals surface area contributed by atoms with E-state index < -0.39 is 10.0 Å². The van der Waals surface area contributed by atoms with E-state index >= 15 is 0 Å². The molecule has 0 aromatic carbocycles. The van der Waals surface area contributed by atoms with Crippen molar-refractivity contribution in [3.8, 4) is 0 Å². The van der Waals surface area contributed by atoms with Gasteiger partial charge in [0.15, 0.2) is 0 Å². The minimum absolute atomic E-state index is 0.439. The molecule has 2 N–H and O–H groups in total. The monoisotopic (exact) mass is 330 g/mol. The largest absolute Gasteiger partial charge is 0.315 e. The van der Waals surface area contributed by atoms with Crippen molar-refractivity contribution >= 4 is 21.4 Å². The maximum atomic E-state index is 12.4. The zero-order chi connectivity index (χ0) is 15.5. The summed E-state index contributed by atoms with van der Waals surface area (Å²) in [5.41, 5.74) is 1.04. The first-order valence-electron chi connectivity index (χ1n) is 7.66. The Kier molecular flexibility index (Phi) is 5.82. The lowest BCUT2D eigenvalue weighted by molar-refractivity contribution is 0.290. The molecule has 0 atom stereocenters. The zero-order valence-electron chi connectivity index (χ0n) is 13.1. The third-order valence-electron chi connectivity index (χ3n) is 4.30. The smallest absolute Gasteiger partial charge is 0.250 e. The number of hydrogen-bond acceptors (Lipinski definition) is 4. The van der Waals surface area contributed by atoms with Crippen LogP contribution in [0.15, 0.2) is 10.3 Å². The molecule has 2 rings (SSSR count). The molecule has 1 aromatic heterocycles. The van der Waals surface area contributed by atoms with Crippen molar-refractivity contribution in [1.29, 1.82) is 0 Å². The maximum Gasteiger partial charge on any atom is 0.250 e. The van der Waals surface area contributed by atoms with Crippen LogP contribution in [0.4, 0.5) is 0 Å². The van der Waals surface area contributed by atoms with Crippen LogP contribution in [0.25, 0.3) is 0 Å². The Morgan fingerprint density at radius 2 is 1.95 bits per heavy atom. The van der Waals surface area contributed by atoms with Gasteiger partial charge in [0.1, 0.15) is 4.21 Å². The van der Waals surface area contributed by atoms with E-state index in [2.05, 4.69) is 17.0 Å². The molecule has 1 heterocycles. The average Bonchev–Trinajstić information content (AvgIpc) is 2.81. The highest BCUT2D eigenvalue weighted by atomic mass is 32.2. The van der Waals surface area contributed by atoms with Gasteiger partial charge >= 0.3 is 0 Å². The van der Waals surface area contributed by atoms with Gasteiger partial charge in [0, 0.05) is 18.0 Å². The predicted molar refractivity (Wildman–Crippen MR) is 88.1 cm³/mol. The fourth-order valence-corrected chi connectivity index (χ4v) is 5.55. The Labute approximate surface area is 132 Å². The molecule has 120 valence electrons. The summed E-state index contributed by atoms with van der Waals surface area (Å²) in [7, 11) is -1.48. The lowest BCUT2D eigenvalue weighted by atomic mass is 9.83. The topological polar surface area (TPSA) is 58.2 Å². The van der Waals surface area contributed by atoms with Gasteiger partial charge in [0.25, 0.3) is 0 Å². The number of rotatable bonds is 6. The van der Waals surface area contributed by atoms with Gasteiger partial charge in [-0.15, -0.1) is 11.3 Å². The number of hydrogen-bond donors (Lipinski definition) is 2. The molecule has 1 aromatic rings. The Morgan fingerprint density at radius 3 is 2.57 bits per heavy atom. The van der Waals surface area contributed by atoms with Gasteiger partial charge in [0.2, 0.25) is 10.0 Å². The summed E-state index contributed by atoms with van der Waals surface area (Å²) in [6.07, 6.45) is 4.71. The van der Waals surface area contributed by atoms with Crippen molar-refractivity contribution < 1.29 is 8.42 Å². The van der Waals surface area contributed by atoms with Gasteiger partial charge < -0.3 is 5.32 Å². The Hall–Kier alpha value is -0.430. The van der Waals surface area contributed by atoms with E-state index in [1.165, 1.54) is 24.2 Å². The summed E-state index contributed by atoms with van der Waals surface area (Å²) in [5, 5.41) is 3.07. The van der Waals surface area contributed by atoms with Gasteiger partial charge in [-0.25, -0.2) is 13.1 Å². The SMILES string of the molecule is CNCc1sc(S(=O)(=O)NCC2CCC(C)CC2)cc1C. The van der Waals surface area contributed by atoms with Crippen LogP contribution in [0.5, 0.6) is 0 Å². The van der Waals surface area contributed by atoms with E-state index in [0.717, 1.165) is 29.2 Å². The first-order chi connectivity index (χ1) is 9.92. The van der Waals surface area contributed by atoms with Gasteiger partial charge in [-0.05, 0) is 50.3 Å². The number of sulfonamides is 1. The number of aryl methyl sites for hydroxylation is 1. The molecule has 0 aliphatic heterocycles. The highest BCUT2D eigenvalue weighted by Crippen LogP contribution is 2.29. The van der Waals surface area contributed by atoms with Crippen molar-refractivity contribution in [3.05, 3.63) is 16.5 Å². The molecule has 0 spiro atoms. The van der Waals surface area contributed by atoms with E-state index in [4.69, 9.17) is 0 Å². The zero-order valence-corrected chi connectivity index (χ0v) is 14.7. The summed E-state index contributed by atoms with van der Waals surface area (Å²) in [6.45, 7) is 5.53. The molecule has 1 aliphatic rings. The van der Waals surface area contributed by atoms with Crippen molar-refractivity contribution in [2.45, 2.75) is 50.3 Å². The molecule has 4 nitrogen and oxygen atoms in total. The first-order valence-corrected chi connectivity index (χ1v) is 9.96. The third kappa shape index (κ3) is 4.52. The molecule has 0 amide bonds. The summed E-state index contributed by atoms with van der Waals surface area (Å²) < 4.78 is 28.0. The average molecular weight is 331 g/mol. The van der Waals surface area contributed by atoms with Gasteiger partial charge in [0.05, 0.1) is 0 Å². The quantitative estimate of drug-likeness (QED) is 0.843. The van der Waals surface area contributed by atoms with Crippen molar-refractivity contribution in [1.82, 2.24) is 10.0 Å². The predicted octanol–water partition coefficient (Wildman–Crippen LogP) is 2.88. The summed E-state index contributed by atoms with van der Waals surface area (Å²) in [6, 6.07) is 1.78. The molecule has 0 saturated heterocycles. The number of thiophene rings is 1. The highest BCUT2D eigenvalue weighted by molar-refractivity contribution is 7.91. The second kappa shape index (κ2) is 7.22.